The molecule has 6 nitrogen and oxygen atoms in total. The average molecular weight is 307 g/mol. The Balaban J connectivity index is 2.43. The number of hydrogen-bond donors (Lipinski definition) is 2. The van der Waals surface area contributed by atoms with Crippen LogP contribution in [0.15, 0.2) is 47.4 Å². The molecule has 0 saturated heterocycles. The van der Waals surface area contributed by atoms with E-state index in [-0.39, 0.29) is 10.6 Å². The van der Waals surface area contributed by atoms with Crippen molar-refractivity contribution in [3.8, 4) is 11.5 Å². The zero-order valence-corrected chi connectivity index (χ0v) is 12.6. The van der Waals surface area contributed by atoms with Crippen LogP contribution in [0.25, 0.3) is 0 Å². The van der Waals surface area contributed by atoms with E-state index in [1.165, 1.54) is 12.1 Å². The van der Waals surface area contributed by atoms with Crippen molar-refractivity contribution in [1.29, 1.82) is 0 Å². The number of anilines is 2. The highest BCUT2D eigenvalue weighted by Gasteiger charge is 2.16. The lowest BCUT2D eigenvalue weighted by Crippen LogP contribution is -2.13. The second-order valence-corrected chi connectivity index (χ2v) is 6.27. The first kappa shape index (κ1) is 15.1. The van der Waals surface area contributed by atoms with Crippen molar-refractivity contribution in [2.45, 2.75) is 4.90 Å². The zero-order chi connectivity index (χ0) is 15.6. The van der Waals surface area contributed by atoms with Crippen LogP contribution < -0.4 is 20.5 Å². The van der Waals surface area contributed by atoms with Crippen LogP contribution >= 0.6 is 0 Å². The van der Waals surface area contributed by atoms with E-state index in [0.717, 1.165) is 5.69 Å². The summed E-state index contributed by atoms with van der Waals surface area (Å²) >= 11 is 0. The Hall–Kier alpha value is -2.25. The summed E-state index contributed by atoms with van der Waals surface area (Å²) in [5.74, 6) is 0.651. The van der Waals surface area contributed by atoms with Gasteiger partial charge in [0.15, 0.2) is 0 Å². The largest absolute Gasteiger partial charge is 0.456 e. The molecular formula is C14H17N3O3S. The molecule has 0 atom stereocenters. The van der Waals surface area contributed by atoms with E-state index >= 15 is 0 Å². The number of nitrogens with zero attached hydrogens (tertiary/aromatic N) is 1. The van der Waals surface area contributed by atoms with E-state index < -0.39 is 10.0 Å². The first-order valence-electron chi connectivity index (χ1n) is 6.15. The van der Waals surface area contributed by atoms with Crippen molar-refractivity contribution in [2.75, 3.05) is 24.7 Å². The molecule has 0 aliphatic carbocycles. The van der Waals surface area contributed by atoms with Gasteiger partial charge in [0.05, 0.1) is 0 Å². The molecule has 112 valence electrons. The lowest BCUT2D eigenvalue weighted by atomic mass is 10.2. The van der Waals surface area contributed by atoms with Crippen LogP contribution in [0, 0.1) is 0 Å². The number of rotatable bonds is 4. The molecule has 21 heavy (non-hydrogen) atoms. The van der Waals surface area contributed by atoms with Gasteiger partial charge < -0.3 is 15.4 Å². The Morgan fingerprint density at radius 1 is 1.10 bits per heavy atom. The van der Waals surface area contributed by atoms with Crippen LogP contribution in [-0.2, 0) is 10.0 Å². The Morgan fingerprint density at radius 2 is 1.81 bits per heavy atom. The predicted molar refractivity (Wildman–Crippen MR) is 83.1 cm³/mol. The van der Waals surface area contributed by atoms with Crippen molar-refractivity contribution in [2.24, 2.45) is 5.14 Å². The molecule has 0 aliphatic rings. The predicted octanol–water partition coefficient (Wildman–Crippen LogP) is 1.77. The van der Waals surface area contributed by atoms with Crippen LogP contribution in [0.2, 0.25) is 0 Å². The third-order valence-corrected chi connectivity index (χ3v) is 3.77. The Kier molecular flexibility index (Phi) is 4.06. The highest BCUT2D eigenvalue weighted by molar-refractivity contribution is 7.89. The van der Waals surface area contributed by atoms with Gasteiger partial charge in [-0.05, 0) is 30.3 Å². The molecule has 7 heteroatoms. The van der Waals surface area contributed by atoms with Gasteiger partial charge in [-0.15, -0.1) is 0 Å². The molecule has 4 N–H and O–H groups in total. The quantitative estimate of drug-likeness (QED) is 0.839. The normalized spacial score (nSPS) is 11.2. The van der Waals surface area contributed by atoms with E-state index in [4.69, 9.17) is 15.6 Å². The lowest BCUT2D eigenvalue weighted by molar-refractivity contribution is 0.468. The maximum atomic E-state index is 11.6. The topological polar surface area (TPSA) is 98.7 Å². The highest BCUT2D eigenvalue weighted by atomic mass is 32.2. The average Bonchev–Trinajstić information content (AvgIpc) is 2.40. The Morgan fingerprint density at radius 3 is 2.43 bits per heavy atom. The van der Waals surface area contributed by atoms with Gasteiger partial charge in [0, 0.05) is 31.5 Å². The Labute approximate surface area is 124 Å². The fraction of sp³-hybridized carbons (Fsp3) is 0.143. The van der Waals surface area contributed by atoms with E-state index in [0.29, 0.717) is 11.4 Å². The number of hydrogen-bond acceptors (Lipinski definition) is 5. The van der Waals surface area contributed by atoms with Crippen LogP contribution in [0.4, 0.5) is 11.4 Å². The number of benzene rings is 2. The molecule has 2 aromatic carbocycles. The van der Waals surface area contributed by atoms with E-state index in [9.17, 15) is 8.42 Å². The summed E-state index contributed by atoms with van der Waals surface area (Å²) in [5, 5.41) is 5.19. The second-order valence-electron chi connectivity index (χ2n) is 4.75. The monoisotopic (exact) mass is 307 g/mol. The molecule has 0 bridgehead atoms. The van der Waals surface area contributed by atoms with E-state index in [1.807, 2.05) is 31.1 Å². The van der Waals surface area contributed by atoms with Crippen LogP contribution in [-0.4, -0.2) is 22.5 Å². The number of primary sulfonamides is 1. The summed E-state index contributed by atoms with van der Waals surface area (Å²) in [4.78, 5) is 1.77. The fourth-order valence-corrected chi connectivity index (χ4v) is 2.47. The molecule has 0 fully saturated rings. The molecule has 0 unspecified atom stereocenters. The second kappa shape index (κ2) is 5.63. The molecule has 0 amide bonds. The summed E-state index contributed by atoms with van der Waals surface area (Å²) in [6.45, 7) is 0. The van der Waals surface area contributed by atoms with Crippen molar-refractivity contribution in [1.82, 2.24) is 0 Å². The third-order valence-electron chi connectivity index (χ3n) is 2.84. The minimum absolute atomic E-state index is 0.141. The smallest absolute Gasteiger partial charge is 0.241 e. The van der Waals surface area contributed by atoms with Crippen LogP contribution in [0.1, 0.15) is 0 Å². The van der Waals surface area contributed by atoms with Crippen molar-refractivity contribution in [3.63, 3.8) is 0 Å². The molecule has 2 rings (SSSR count). The summed E-state index contributed by atoms with van der Waals surface area (Å²) < 4.78 is 28.9. The van der Waals surface area contributed by atoms with Gasteiger partial charge in [-0.3, -0.25) is 0 Å². The maximum absolute atomic E-state index is 11.6. The highest BCUT2D eigenvalue weighted by Crippen LogP contribution is 2.31. The standard InChI is InChI=1S/C14H17N3O3S/c1-17(2)11-4-3-5-12(9-11)20-13-7-6-10(15)8-14(13)21(16,18)19/h3-9H,15H2,1-2H3,(H2,16,18,19). The SMILES string of the molecule is CN(C)c1cccc(Oc2ccc(N)cc2S(N)(=O)=O)c1. The molecule has 2 aromatic rings. The van der Waals surface area contributed by atoms with Crippen molar-refractivity contribution >= 4 is 21.4 Å². The molecule has 0 radical (unpaired) electrons. The van der Waals surface area contributed by atoms with Gasteiger partial charge in [-0.25, -0.2) is 13.6 Å². The summed E-state index contributed by atoms with van der Waals surface area (Å²) in [7, 11) is -0.116. The number of sulfonamides is 1. The minimum atomic E-state index is -3.92. The van der Waals surface area contributed by atoms with Gasteiger partial charge in [-0.2, -0.15) is 0 Å². The maximum Gasteiger partial charge on any atom is 0.241 e. The number of nitrogens with two attached hydrogens (primary N) is 2. The van der Waals surface area contributed by atoms with E-state index in [2.05, 4.69) is 0 Å². The minimum Gasteiger partial charge on any atom is -0.456 e. The van der Waals surface area contributed by atoms with Crippen molar-refractivity contribution in [3.05, 3.63) is 42.5 Å². The molecular weight excluding hydrogens is 290 g/mol. The third kappa shape index (κ3) is 3.65. The lowest BCUT2D eigenvalue weighted by Gasteiger charge is -2.15. The molecule has 0 heterocycles. The number of ether oxygens (including phenoxy) is 1. The number of nitrogen functional groups attached to an aromatic ring is 1. The summed E-state index contributed by atoms with van der Waals surface area (Å²) in [6.07, 6.45) is 0. The molecule has 0 aliphatic heterocycles. The molecule has 0 aromatic heterocycles. The van der Waals surface area contributed by atoms with Gasteiger partial charge in [0.2, 0.25) is 10.0 Å². The van der Waals surface area contributed by atoms with Gasteiger partial charge in [-0.1, -0.05) is 6.07 Å². The fourth-order valence-electron chi connectivity index (χ4n) is 1.78. The van der Waals surface area contributed by atoms with E-state index in [1.54, 1.807) is 18.2 Å². The van der Waals surface area contributed by atoms with Crippen LogP contribution in [0.3, 0.4) is 0 Å². The van der Waals surface area contributed by atoms with Crippen molar-refractivity contribution < 1.29 is 13.2 Å². The molecule has 0 spiro atoms. The Bertz CT molecular complexity index is 758. The van der Waals surface area contributed by atoms with Crippen LogP contribution in [0.5, 0.6) is 11.5 Å². The van der Waals surface area contributed by atoms with Gasteiger partial charge >= 0.3 is 0 Å². The first-order valence-corrected chi connectivity index (χ1v) is 7.69. The molecule has 0 saturated carbocycles. The van der Waals surface area contributed by atoms with Gasteiger partial charge in [0.25, 0.3) is 0 Å². The summed E-state index contributed by atoms with van der Waals surface area (Å²) in [6, 6.07) is 11.6. The summed E-state index contributed by atoms with van der Waals surface area (Å²) in [5.41, 5.74) is 6.83. The van der Waals surface area contributed by atoms with Gasteiger partial charge in [0.1, 0.15) is 16.4 Å². The first-order chi connectivity index (χ1) is 9.77. The zero-order valence-electron chi connectivity index (χ0n) is 11.8.